The van der Waals surface area contributed by atoms with Crippen LogP contribution in [0.5, 0.6) is 5.75 Å². The fraction of sp³-hybridized carbons (Fsp3) is 0.318. The van der Waals surface area contributed by atoms with Crippen LogP contribution in [0.4, 0.5) is 30.7 Å². The third-order valence-corrected chi connectivity index (χ3v) is 4.73. The minimum atomic E-state index is -5.60. The molecule has 1 aromatic heterocycles. The number of benzene rings is 2. The lowest BCUT2D eigenvalue weighted by Gasteiger charge is -2.31. The van der Waals surface area contributed by atoms with Crippen LogP contribution in [-0.4, -0.2) is 30.5 Å². The van der Waals surface area contributed by atoms with E-state index in [1.165, 1.54) is 18.2 Å². The van der Waals surface area contributed by atoms with E-state index in [9.17, 15) is 35.5 Å². The van der Waals surface area contributed by atoms with Crippen molar-refractivity contribution in [3.05, 3.63) is 65.0 Å². The number of alkyl halides is 7. The molecule has 2 aromatic carbocycles. The van der Waals surface area contributed by atoms with Crippen molar-refractivity contribution in [3.63, 3.8) is 0 Å². The summed E-state index contributed by atoms with van der Waals surface area (Å²) in [5.74, 6) is -15.4. The largest absolute Gasteiger partial charge is 0.493 e. The van der Waals surface area contributed by atoms with Crippen molar-refractivity contribution in [3.8, 4) is 16.9 Å². The highest BCUT2D eigenvalue weighted by Gasteiger charge is 2.67. The summed E-state index contributed by atoms with van der Waals surface area (Å²) in [4.78, 5) is 12.3. The Hall–Kier alpha value is -3.04. The molecular weight excluding hydrogens is 445 g/mol. The van der Waals surface area contributed by atoms with Crippen LogP contribution in [-0.2, 0) is 0 Å². The maximum atomic E-state index is 13.7. The van der Waals surface area contributed by atoms with Gasteiger partial charge in [-0.2, -0.15) is 17.6 Å². The standard InChI is InChI=1S/C22H17F7O3/c1-20(24,25)19(23)22(28,29)21(26,27)9-10-31-15-8-7-14-11-16(13-5-3-2-4-6-13)18(30)32-17(14)12-15/h2-8,11-12,19H,9-10H2,1H3. The zero-order valence-corrected chi connectivity index (χ0v) is 16.6. The first-order valence-electron chi connectivity index (χ1n) is 9.36. The van der Waals surface area contributed by atoms with Crippen LogP contribution < -0.4 is 10.4 Å². The Kier molecular flexibility index (Phi) is 6.26. The molecule has 0 aliphatic rings. The number of halogens is 7. The predicted molar refractivity (Wildman–Crippen MR) is 103 cm³/mol. The summed E-state index contributed by atoms with van der Waals surface area (Å²) in [6, 6.07) is 14.2. The summed E-state index contributed by atoms with van der Waals surface area (Å²) in [6.07, 6.45) is -6.08. The van der Waals surface area contributed by atoms with Crippen LogP contribution in [0.1, 0.15) is 13.3 Å². The highest BCUT2D eigenvalue weighted by molar-refractivity contribution is 5.82. The fourth-order valence-electron chi connectivity index (χ4n) is 2.97. The molecule has 3 aromatic rings. The molecule has 1 atom stereocenters. The first-order chi connectivity index (χ1) is 14.8. The Morgan fingerprint density at radius 1 is 0.969 bits per heavy atom. The molecule has 0 amide bonds. The molecule has 0 saturated carbocycles. The normalized spacial score (nSPS) is 13.9. The lowest BCUT2D eigenvalue weighted by atomic mass is 10.00. The van der Waals surface area contributed by atoms with Gasteiger partial charge in [0.2, 0.25) is 6.17 Å². The van der Waals surface area contributed by atoms with Gasteiger partial charge in [-0.3, -0.25) is 0 Å². The molecule has 172 valence electrons. The van der Waals surface area contributed by atoms with E-state index in [1.807, 2.05) is 0 Å². The third-order valence-electron chi connectivity index (χ3n) is 4.73. The van der Waals surface area contributed by atoms with Gasteiger partial charge in [-0.15, -0.1) is 0 Å². The van der Waals surface area contributed by atoms with Gasteiger partial charge in [-0.1, -0.05) is 30.3 Å². The Labute approximate surface area is 177 Å². The van der Waals surface area contributed by atoms with E-state index in [0.29, 0.717) is 16.5 Å². The molecule has 0 N–H and O–H groups in total. The fourth-order valence-corrected chi connectivity index (χ4v) is 2.97. The van der Waals surface area contributed by atoms with Crippen molar-refractivity contribution in [2.45, 2.75) is 37.3 Å². The zero-order valence-electron chi connectivity index (χ0n) is 16.6. The first-order valence-corrected chi connectivity index (χ1v) is 9.36. The molecule has 0 saturated heterocycles. The molecule has 3 rings (SSSR count). The van der Waals surface area contributed by atoms with E-state index in [-0.39, 0.29) is 18.3 Å². The summed E-state index contributed by atoms with van der Waals surface area (Å²) in [5, 5.41) is 0.484. The van der Waals surface area contributed by atoms with Gasteiger partial charge in [-0.05, 0) is 23.8 Å². The van der Waals surface area contributed by atoms with Crippen molar-refractivity contribution in [2.24, 2.45) is 0 Å². The lowest BCUT2D eigenvalue weighted by Crippen LogP contribution is -2.54. The lowest BCUT2D eigenvalue weighted by molar-refractivity contribution is -0.277. The van der Waals surface area contributed by atoms with Gasteiger partial charge < -0.3 is 9.15 Å². The SMILES string of the molecule is CC(F)(F)C(F)C(F)(F)C(F)(F)CCOc1ccc2cc(-c3ccccc3)c(=O)oc2c1. The molecular formula is C22H17F7O3. The van der Waals surface area contributed by atoms with Crippen molar-refractivity contribution >= 4 is 11.0 Å². The molecule has 0 aliphatic heterocycles. The molecule has 0 radical (unpaired) electrons. The second kappa shape index (κ2) is 8.48. The average molecular weight is 462 g/mol. The predicted octanol–water partition coefficient (Wildman–Crippen LogP) is 6.49. The molecule has 1 heterocycles. The molecule has 0 fully saturated rings. The van der Waals surface area contributed by atoms with Gasteiger partial charge in [-0.25, -0.2) is 18.0 Å². The molecule has 3 nitrogen and oxygen atoms in total. The Balaban J connectivity index is 1.74. The van der Waals surface area contributed by atoms with Crippen LogP contribution in [0.15, 0.2) is 63.8 Å². The van der Waals surface area contributed by atoms with Gasteiger partial charge in [0.1, 0.15) is 11.3 Å². The summed E-state index contributed by atoms with van der Waals surface area (Å²) in [5.41, 5.74) is 0.304. The van der Waals surface area contributed by atoms with Gasteiger partial charge in [0.25, 0.3) is 5.92 Å². The minimum Gasteiger partial charge on any atom is -0.493 e. The van der Waals surface area contributed by atoms with Gasteiger partial charge in [0, 0.05) is 18.4 Å². The number of rotatable bonds is 8. The highest BCUT2D eigenvalue weighted by Crippen LogP contribution is 2.45. The van der Waals surface area contributed by atoms with Crippen LogP contribution in [0.2, 0.25) is 0 Å². The quantitative estimate of drug-likeness (QED) is 0.284. The molecule has 0 spiro atoms. The van der Waals surface area contributed by atoms with E-state index >= 15 is 0 Å². The number of hydrogen-bond donors (Lipinski definition) is 0. The van der Waals surface area contributed by atoms with Crippen LogP contribution in [0.25, 0.3) is 22.1 Å². The summed E-state index contributed by atoms with van der Waals surface area (Å²) >= 11 is 0. The maximum Gasteiger partial charge on any atom is 0.346 e. The van der Waals surface area contributed by atoms with Crippen molar-refractivity contribution < 1.29 is 39.9 Å². The van der Waals surface area contributed by atoms with Crippen molar-refractivity contribution in [1.29, 1.82) is 0 Å². The second-order valence-electron chi connectivity index (χ2n) is 7.26. The number of ether oxygens (including phenoxy) is 1. The highest BCUT2D eigenvalue weighted by atomic mass is 19.3. The molecule has 0 aliphatic carbocycles. The summed E-state index contributed by atoms with van der Waals surface area (Å²) in [7, 11) is 0. The first kappa shape index (κ1) is 23.6. The Morgan fingerprint density at radius 2 is 1.62 bits per heavy atom. The van der Waals surface area contributed by atoms with E-state index in [4.69, 9.17) is 9.15 Å². The Bertz CT molecular complexity index is 1140. The number of hydrogen-bond acceptors (Lipinski definition) is 3. The van der Waals surface area contributed by atoms with Crippen LogP contribution in [0.3, 0.4) is 0 Å². The third kappa shape index (κ3) is 4.73. The average Bonchev–Trinajstić information content (AvgIpc) is 2.72. The second-order valence-corrected chi connectivity index (χ2v) is 7.26. The van der Waals surface area contributed by atoms with Gasteiger partial charge >= 0.3 is 17.5 Å². The minimum absolute atomic E-state index is 0.0544. The van der Waals surface area contributed by atoms with E-state index in [0.717, 1.165) is 0 Å². The van der Waals surface area contributed by atoms with Gasteiger partial charge in [0.15, 0.2) is 0 Å². The molecule has 32 heavy (non-hydrogen) atoms. The molecule has 0 bridgehead atoms. The summed E-state index contributed by atoms with van der Waals surface area (Å²) in [6.45, 7) is -1.23. The topological polar surface area (TPSA) is 39.4 Å². The Morgan fingerprint density at radius 3 is 2.25 bits per heavy atom. The van der Waals surface area contributed by atoms with Crippen LogP contribution in [0, 0.1) is 0 Å². The van der Waals surface area contributed by atoms with Crippen LogP contribution >= 0.6 is 0 Å². The number of fused-ring (bicyclic) bond motifs is 1. The van der Waals surface area contributed by atoms with Crippen molar-refractivity contribution in [2.75, 3.05) is 6.61 Å². The van der Waals surface area contributed by atoms with Crippen molar-refractivity contribution in [1.82, 2.24) is 0 Å². The van der Waals surface area contributed by atoms with E-state index in [1.54, 1.807) is 36.4 Å². The molecule has 10 heteroatoms. The van der Waals surface area contributed by atoms with Gasteiger partial charge in [0.05, 0.1) is 18.6 Å². The smallest absolute Gasteiger partial charge is 0.346 e. The van der Waals surface area contributed by atoms with E-state index < -0.39 is 42.6 Å². The zero-order chi connectivity index (χ0) is 23.7. The molecule has 1 unspecified atom stereocenters. The van der Waals surface area contributed by atoms with E-state index in [2.05, 4.69) is 0 Å². The summed E-state index contributed by atoms with van der Waals surface area (Å²) < 4.78 is 104. The monoisotopic (exact) mass is 462 g/mol. The maximum absolute atomic E-state index is 13.7.